The number of amides is 1. The molecule has 0 saturated carbocycles. The molecule has 3 aliphatic rings. The van der Waals surface area contributed by atoms with Gasteiger partial charge in [-0.05, 0) is 42.8 Å². The number of likely N-dealkylation sites (N-methyl/N-ethyl adjacent to an activating group) is 1. The molecule has 2 aromatic rings. The Hall–Kier alpha value is -2.95. The quantitative estimate of drug-likeness (QED) is 0.304. The average Bonchev–Trinajstić information content (AvgIpc) is 3.25. The molecule has 12 heteroatoms. The van der Waals surface area contributed by atoms with Gasteiger partial charge in [0.25, 0.3) is 5.56 Å². The van der Waals surface area contributed by atoms with E-state index in [-0.39, 0.29) is 23.4 Å². The van der Waals surface area contributed by atoms with Gasteiger partial charge in [-0.25, -0.2) is 9.67 Å². The number of anilines is 1. The predicted octanol–water partition coefficient (Wildman–Crippen LogP) is 4.58. The molecule has 2 aromatic carbocycles. The second-order valence-corrected chi connectivity index (χ2v) is 11.3. The molecule has 5 rings (SSSR count). The largest absolute Gasteiger partial charge is 0.325 e. The van der Waals surface area contributed by atoms with Crippen molar-refractivity contribution in [1.29, 1.82) is 0 Å². The van der Waals surface area contributed by atoms with Crippen LogP contribution in [0, 0.1) is 0 Å². The van der Waals surface area contributed by atoms with Crippen LogP contribution in [-0.4, -0.2) is 63.3 Å². The summed E-state index contributed by atoms with van der Waals surface area (Å²) < 4.78 is 1.62. The third-order valence-corrected chi connectivity index (χ3v) is 7.47. The fraction of sp³-hybridized carbons (Fsp3) is 0.333. The first kappa shape index (κ1) is 27.6. The zero-order valence-electron chi connectivity index (χ0n) is 21.7. The molecular weight excluding hydrogens is 561 g/mol. The highest BCUT2D eigenvalue weighted by Gasteiger charge is 2.27. The van der Waals surface area contributed by atoms with E-state index >= 15 is 0 Å². The maximum absolute atomic E-state index is 13.2. The summed E-state index contributed by atoms with van der Waals surface area (Å²) in [4.78, 5) is 37.0. The van der Waals surface area contributed by atoms with E-state index in [1.54, 1.807) is 16.8 Å². The summed E-state index contributed by atoms with van der Waals surface area (Å²) in [6.07, 6.45) is 0.318. The number of carbonyl (C=O) groups excluding carboxylic acids is 1. The Labute approximate surface area is 240 Å². The smallest absolute Gasteiger partial charge is 0.284 e. The number of hydrogen-bond donors (Lipinski definition) is 3. The standard InChI is InChI=1S/C27H28Cl3N7O2/c1-14(2)23-22-25(37(35-23)24-18(29)11-16(28)12-19(24)30)33-21(34-27(22)39)10-15-4-6-17(7-5-15)32-26(38)20-13-36(3)9-8-31-20/h4-7,11-12,14,20,31,35H,8-10,13H2,1-3H3,(H,32,38). The van der Waals surface area contributed by atoms with E-state index in [0.29, 0.717) is 62.3 Å². The number of aromatic nitrogens is 4. The topological polar surface area (TPSA) is 108 Å². The molecule has 3 heterocycles. The molecule has 1 unspecified atom stereocenters. The zero-order valence-corrected chi connectivity index (χ0v) is 24.0. The second-order valence-electron chi connectivity index (χ2n) is 10.0. The maximum Gasteiger partial charge on any atom is 0.284 e. The first-order valence-corrected chi connectivity index (χ1v) is 13.7. The minimum Gasteiger partial charge on any atom is -0.325 e. The van der Waals surface area contributed by atoms with Crippen molar-refractivity contribution in [2.24, 2.45) is 0 Å². The van der Waals surface area contributed by atoms with Crippen LogP contribution >= 0.6 is 34.8 Å². The number of nitrogens with zero attached hydrogens (tertiary/aromatic N) is 4. The molecule has 3 aliphatic heterocycles. The summed E-state index contributed by atoms with van der Waals surface area (Å²) in [6, 6.07) is 10.3. The zero-order chi connectivity index (χ0) is 27.8. The number of piperazine rings is 1. The van der Waals surface area contributed by atoms with Crippen molar-refractivity contribution in [3.63, 3.8) is 0 Å². The molecular formula is C27H28Cl3N7O2. The molecule has 0 aliphatic carbocycles. The third-order valence-electron chi connectivity index (χ3n) is 6.68. The first-order chi connectivity index (χ1) is 18.6. The van der Waals surface area contributed by atoms with Crippen LogP contribution in [0.1, 0.15) is 36.8 Å². The fourth-order valence-electron chi connectivity index (χ4n) is 4.70. The second kappa shape index (κ2) is 11.3. The Morgan fingerprint density at radius 1 is 1.13 bits per heavy atom. The molecule has 39 heavy (non-hydrogen) atoms. The molecule has 3 N–H and O–H groups in total. The lowest BCUT2D eigenvalue weighted by molar-refractivity contribution is -0.119. The summed E-state index contributed by atoms with van der Waals surface area (Å²) in [5, 5.41) is 10.5. The normalized spacial score (nSPS) is 16.2. The van der Waals surface area contributed by atoms with E-state index in [1.165, 1.54) is 0 Å². The minimum atomic E-state index is -0.385. The Kier molecular flexibility index (Phi) is 7.98. The summed E-state index contributed by atoms with van der Waals surface area (Å²) in [5.41, 5.74) is 2.71. The van der Waals surface area contributed by atoms with E-state index in [4.69, 9.17) is 39.8 Å². The summed E-state index contributed by atoms with van der Waals surface area (Å²) in [7, 11) is 2.00. The Morgan fingerprint density at radius 2 is 1.82 bits per heavy atom. The molecule has 0 bridgehead atoms. The minimum absolute atomic E-state index is 0.00675. The summed E-state index contributed by atoms with van der Waals surface area (Å²) in [5.74, 6) is 0.654. The van der Waals surface area contributed by atoms with Crippen molar-refractivity contribution >= 4 is 46.4 Å². The molecule has 0 aromatic heterocycles. The lowest BCUT2D eigenvalue weighted by Crippen LogP contribution is -2.54. The number of nitrogens with one attached hydrogen (secondary N) is 3. The van der Waals surface area contributed by atoms with Crippen molar-refractivity contribution < 1.29 is 4.79 Å². The predicted molar refractivity (Wildman–Crippen MR) is 155 cm³/mol. The monoisotopic (exact) mass is 587 g/mol. The van der Waals surface area contributed by atoms with Gasteiger partial charge in [-0.1, -0.05) is 60.8 Å². The van der Waals surface area contributed by atoms with Crippen molar-refractivity contribution in [1.82, 2.24) is 30.0 Å². The summed E-state index contributed by atoms with van der Waals surface area (Å²) >= 11 is 19.1. The average molecular weight is 589 g/mol. The Bertz CT molecular complexity index is 1530. The number of benzene rings is 2. The van der Waals surface area contributed by atoms with Crippen LogP contribution in [0.2, 0.25) is 15.1 Å². The summed E-state index contributed by atoms with van der Waals surface area (Å²) in [6.45, 7) is 6.29. The van der Waals surface area contributed by atoms with Gasteiger partial charge in [0.2, 0.25) is 5.91 Å². The highest BCUT2D eigenvalue weighted by molar-refractivity contribution is 6.40. The van der Waals surface area contributed by atoms with E-state index in [0.717, 1.165) is 18.7 Å². The van der Waals surface area contributed by atoms with Gasteiger partial charge < -0.3 is 15.5 Å². The number of H-pyrrole nitrogens is 1. The van der Waals surface area contributed by atoms with Gasteiger partial charge in [0.15, 0.2) is 5.82 Å². The molecule has 0 radical (unpaired) electrons. The van der Waals surface area contributed by atoms with Crippen LogP contribution in [0.25, 0.3) is 17.1 Å². The van der Waals surface area contributed by atoms with E-state index < -0.39 is 0 Å². The van der Waals surface area contributed by atoms with Gasteiger partial charge >= 0.3 is 0 Å². The molecule has 1 atom stereocenters. The van der Waals surface area contributed by atoms with Crippen molar-refractivity contribution in [3.05, 3.63) is 78.9 Å². The number of hydrogen-bond acceptors (Lipinski definition) is 6. The SMILES string of the molecule is CC(C)c1[nH]n(-c2c(Cl)cc(Cl)cc2Cl)c2nc(Cc3ccc(NC(=O)C4CN(C)CCN4)cc3)nc(=O)c1-2. The lowest BCUT2D eigenvalue weighted by Gasteiger charge is -2.29. The molecule has 1 fully saturated rings. The van der Waals surface area contributed by atoms with Crippen LogP contribution in [0.15, 0.2) is 41.2 Å². The van der Waals surface area contributed by atoms with Gasteiger partial charge in [0.1, 0.15) is 17.1 Å². The van der Waals surface area contributed by atoms with Gasteiger partial charge in [0, 0.05) is 36.8 Å². The molecule has 0 spiro atoms. The van der Waals surface area contributed by atoms with E-state index in [2.05, 4.69) is 25.6 Å². The molecule has 1 amide bonds. The Morgan fingerprint density at radius 3 is 2.46 bits per heavy atom. The number of fused-ring (bicyclic) bond motifs is 1. The number of aromatic amines is 1. The fourth-order valence-corrected chi connectivity index (χ4v) is 5.68. The maximum atomic E-state index is 13.2. The van der Waals surface area contributed by atoms with Crippen LogP contribution in [0.5, 0.6) is 0 Å². The highest BCUT2D eigenvalue weighted by atomic mass is 35.5. The van der Waals surface area contributed by atoms with Crippen LogP contribution in [0.4, 0.5) is 5.69 Å². The van der Waals surface area contributed by atoms with Crippen molar-refractivity contribution in [3.8, 4) is 17.1 Å². The van der Waals surface area contributed by atoms with Crippen LogP contribution < -0.4 is 16.2 Å². The molecule has 1 saturated heterocycles. The van der Waals surface area contributed by atoms with Gasteiger partial charge in [-0.2, -0.15) is 4.98 Å². The van der Waals surface area contributed by atoms with Crippen molar-refractivity contribution in [2.45, 2.75) is 32.2 Å². The van der Waals surface area contributed by atoms with Gasteiger partial charge in [0.05, 0.1) is 21.8 Å². The van der Waals surface area contributed by atoms with E-state index in [9.17, 15) is 9.59 Å². The number of halogens is 3. The lowest BCUT2D eigenvalue weighted by atomic mass is 10.1. The first-order valence-electron chi connectivity index (χ1n) is 12.6. The van der Waals surface area contributed by atoms with Crippen LogP contribution in [-0.2, 0) is 11.2 Å². The third kappa shape index (κ3) is 5.83. The molecule has 9 nitrogen and oxygen atoms in total. The van der Waals surface area contributed by atoms with Crippen LogP contribution in [0.3, 0.4) is 0 Å². The van der Waals surface area contributed by atoms with Crippen molar-refractivity contribution in [2.75, 3.05) is 32.0 Å². The number of carbonyl (C=O) groups is 1. The number of rotatable bonds is 6. The van der Waals surface area contributed by atoms with Gasteiger partial charge in [-0.3, -0.25) is 14.7 Å². The Balaban J connectivity index is 1.43. The van der Waals surface area contributed by atoms with E-state index in [1.807, 2.05) is 45.2 Å². The highest BCUT2D eigenvalue weighted by Crippen LogP contribution is 2.36. The molecule has 204 valence electrons. The van der Waals surface area contributed by atoms with Gasteiger partial charge in [-0.15, -0.1) is 0 Å².